The van der Waals surface area contributed by atoms with Crippen molar-refractivity contribution >= 4 is 5.91 Å². The number of carbonyl (C=O) groups is 1. The fraction of sp³-hybridized carbons (Fsp3) is 0.887. The average molecular weight is 1000 g/mol. The van der Waals surface area contributed by atoms with Crippen molar-refractivity contribution in [2.45, 2.75) is 339 Å². The number of nitrogens with one attached hydrogen (secondary N) is 1. The molecule has 7 atom stereocenters. The van der Waals surface area contributed by atoms with E-state index in [4.69, 9.17) is 9.47 Å². The van der Waals surface area contributed by atoms with Crippen LogP contribution in [0, 0.1) is 0 Å². The zero-order valence-corrected chi connectivity index (χ0v) is 46.5. The van der Waals surface area contributed by atoms with Gasteiger partial charge in [-0.05, 0) is 44.9 Å². The number of hydrogen-bond donors (Lipinski definition) is 6. The van der Waals surface area contributed by atoms with Gasteiger partial charge in [0.15, 0.2) is 6.29 Å². The summed E-state index contributed by atoms with van der Waals surface area (Å²) in [4.78, 5) is 13.0. The van der Waals surface area contributed by atoms with Crippen LogP contribution in [0.2, 0.25) is 0 Å². The van der Waals surface area contributed by atoms with E-state index in [0.717, 1.165) is 44.9 Å². The highest BCUT2D eigenvalue weighted by molar-refractivity contribution is 5.76. The zero-order chi connectivity index (χ0) is 51.5. The van der Waals surface area contributed by atoms with E-state index in [2.05, 4.69) is 43.5 Å². The fourth-order valence-electron chi connectivity index (χ4n) is 9.84. The Balaban J connectivity index is 2.19. The van der Waals surface area contributed by atoms with Crippen molar-refractivity contribution in [1.82, 2.24) is 5.32 Å². The predicted molar refractivity (Wildman–Crippen MR) is 300 cm³/mol. The third kappa shape index (κ3) is 41.4. The quantitative estimate of drug-likeness (QED) is 0.0261. The molecule has 1 fully saturated rings. The number of allylic oxidation sites excluding steroid dienone is 5. The molecule has 0 aliphatic carbocycles. The summed E-state index contributed by atoms with van der Waals surface area (Å²) in [5, 5.41) is 54.5. The van der Waals surface area contributed by atoms with E-state index in [0.29, 0.717) is 6.42 Å². The van der Waals surface area contributed by atoms with Crippen molar-refractivity contribution in [1.29, 1.82) is 0 Å². The lowest BCUT2D eigenvalue weighted by Crippen LogP contribution is -2.60. The summed E-state index contributed by atoms with van der Waals surface area (Å²) in [6.45, 7) is 3.79. The predicted octanol–water partition coefficient (Wildman–Crippen LogP) is 15.5. The Morgan fingerprint density at radius 1 is 0.465 bits per heavy atom. The van der Waals surface area contributed by atoms with Gasteiger partial charge in [-0.15, -0.1) is 0 Å². The van der Waals surface area contributed by atoms with Gasteiger partial charge in [-0.1, -0.05) is 281 Å². The van der Waals surface area contributed by atoms with Crippen LogP contribution in [-0.2, 0) is 14.3 Å². The van der Waals surface area contributed by atoms with Gasteiger partial charge < -0.3 is 40.3 Å². The van der Waals surface area contributed by atoms with Crippen LogP contribution in [0.15, 0.2) is 36.5 Å². The van der Waals surface area contributed by atoms with Crippen LogP contribution in [0.3, 0.4) is 0 Å². The lowest BCUT2D eigenvalue weighted by molar-refractivity contribution is -0.302. The summed E-state index contributed by atoms with van der Waals surface area (Å²) >= 11 is 0. The summed E-state index contributed by atoms with van der Waals surface area (Å²) in [6.07, 6.45) is 61.0. The normalized spacial score (nSPS) is 19.5. The van der Waals surface area contributed by atoms with Gasteiger partial charge in [-0.3, -0.25) is 4.79 Å². The van der Waals surface area contributed by atoms with Crippen molar-refractivity contribution in [3.63, 3.8) is 0 Å². The molecule has 1 saturated heterocycles. The van der Waals surface area contributed by atoms with E-state index >= 15 is 0 Å². The second-order valence-electron chi connectivity index (χ2n) is 21.5. The molecule has 6 N–H and O–H groups in total. The second kappa shape index (κ2) is 51.9. The first-order chi connectivity index (χ1) is 34.8. The van der Waals surface area contributed by atoms with Crippen molar-refractivity contribution in [3.8, 4) is 0 Å². The van der Waals surface area contributed by atoms with Crippen molar-refractivity contribution in [3.05, 3.63) is 36.5 Å². The van der Waals surface area contributed by atoms with Gasteiger partial charge >= 0.3 is 0 Å². The Hall–Kier alpha value is -1.59. The van der Waals surface area contributed by atoms with Crippen LogP contribution in [0.4, 0.5) is 0 Å². The van der Waals surface area contributed by atoms with E-state index in [-0.39, 0.29) is 12.5 Å². The Kier molecular flexibility index (Phi) is 49.3. The third-order valence-corrected chi connectivity index (χ3v) is 14.7. The molecular formula is C62H117NO8. The molecule has 0 aromatic carbocycles. The SMILES string of the molecule is CCCCCCCCCCCCCCCCCCCCCCCC/C=C/CC/C=C/CC/C=C/C(O)C(COC1OC(CO)C(O)C(O)C1O)NC(=O)CCCCCCCCCCCCCCCCCC. The van der Waals surface area contributed by atoms with Crippen LogP contribution in [-0.4, -0.2) is 87.5 Å². The molecule has 0 aromatic heterocycles. The van der Waals surface area contributed by atoms with Gasteiger partial charge in [0.1, 0.15) is 24.4 Å². The lowest BCUT2D eigenvalue weighted by atomic mass is 9.99. The molecule has 1 aliphatic heterocycles. The van der Waals surface area contributed by atoms with Crippen molar-refractivity contribution in [2.75, 3.05) is 13.2 Å². The number of rotatable bonds is 53. The highest BCUT2D eigenvalue weighted by atomic mass is 16.7. The first-order valence-electron chi connectivity index (χ1n) is 30.7. The topological polar surface area (TPSA) is 149 Å². The van der Waals surface area contributed by atoms with Gasteiger partial charge in [-0.2, -0.15) is 0 Å². The van der Waals surface area contributed by atoms with Crippen molar-refractivity contribution < 1.29 is 39.8 Å². The summed E-state index contributed by atoms with van der Waals surface area (Å²) in [5.74, 6) is -0.187. The van der Waals surface area contributed by atoms with E-state index < -0.39 is 49.5 Å². The Morgan fingerprint density at radius 3 is 1.18 bits per heavy atom. The Labute approximate surface area is 438 Å². The molecule has 9 heteroatoms. The maximum Gasteiger partial charge on any atom is 0.220 e. The minimum atomic E-state index is -1.57. The number of amides is 1. The summed E-state index contributed by atoms with van der Waals surface area (Å²) in [7, 11) is 0. The molecule has 7 unspecified atom stereocenters. The number of unbranched alkanes of at least 4 members (excludes halogenated alkanes) is 39. The number of hydrogen-bond acceptors (Lipinski definition) is 8. The average Bonchev–Trinajstić information content (AvgIpc) is 3.37. The summed E-state index contributed by atoms with van der Waals surface area (Å²) in [6, 6.07) is -0.826. The van der Waals surface area contributed by atoms with Gasteiger partial charge in [-0.25, -0.2) is 0 Å². The minimum absolute atomic E-state index is 0.187. The maximum absolute atomic E-state index is 13.0. The van der Waals surface area contributed by atoms with Crippen LogP contribution in [0.1, 0.15) is 296 Å². The Morgan fingerprint density at radius 2 is 0.803 bits per heavy atom. The Bertz CT molecular complexity index is 1210. The molecule has 0 bridgehead atoms. The lowest BCUT2D eigenvalue weighted by Gasteiger charge is -2.40. The highest BCUT2D eigenvalue weighted by Gasteiger charge is 2.44. The van der Waals surface area contributed by atoms with Crippen molar-refractivity contribution in [2.24, 2.45) is 0 Å². The largest absolute Gasteiger partial charge is 0.394 e. The molecule has 1 heterocycles. The van der Waals surface area contributed by atoms with Crippen LogP contribution in [0.25, 0.3) is 0 Å². The molecule has 0 radical (unpaired) electrons. The molecule has 1 aliphatic rings. The number of ether oxygens (including phenoxy) is 2. The zero-order valence-electron chi connectivity index (χ0n) is 46.5. The molecule has 0 aromatic rings. The molecule has 0 spiro atoms. The van der Waals surface area contributed by atoms with E-state index in [1.807, 2.05) is 6.08 Å². The molecule has 0 saturated carbocycles. The van der Waals surface area contributed by atoms with Gasteiger partial charge in [0.25, 0.3) is 0 Å². The first kappa shape index (κ1) is 67.4. The van der Waals surface area contributed by atoms with Crippen LogP contribution < -0.4 is 5.32 Å². The molecule has 1 rings (SSSR count). The number of aliphatic hydroxyl groups excluding tert-OH is 5. The number of aliphatic hydroxyl groups is 5. The van der Waals surface area contributed by atoms with Gasteiger partial charge in [0.05, 0.1) is 25.4 Å². The molecule has 9 nitrogen and oxygen atoms in total. The smallest absolute Gasteiger partial charge is 0.220 e. The molecular weight excluding hydrogens is 887 g/mol. The van der Waals surface area contributed by atoms with Crippen LogP contribution >= 0.6 is 0 Å². The monoisotopic (exact) mass is 1000 g/mol. The maximum atomic E-state index is 13.0. The van der Waals surface area contributed by atoms with Gasteiger partial charge in [0, 0.05) is 6.42 Å². The second-order valence-corrected chi connectivity index (χ2v) is 21.5. The third-order valence-electron chi connectivity index (χ3n) is 14.7. The van der Waals surface area contributed by atoms with E-state index in [1.54, 1.807) is 6.08 Å². The summed E-state index contributed by atoms with van der Waals surface area (Å²) in [5.41, 5.74) is 0. The molecule has 1 amide bonds. The fourth-order valence-corrected chi connectivity index (χ4v) is 9.84. The van der Waals surface area contributed by atoms with E-state index in [9.17, 15) is 30.3 Å². The molecule has 71 heavy (non-hydrogen) atoms. The van der Waals surface area contributed by atoms with E-state index in [1.165, 1.54) is 231 Å². The standard InChI is InChI=1S/C62H117NO8/c1-3-5-7-9-11-13-15-17-19-21-22-23-24-25-26-27-28-29-30-31-32-33-34-35-36-37-39-41-43-45-47-49-51-56(65)55(54-70-62-61(69)60(68)59(67)57(53-64)71-62)63-58(66)52-50-48-46-44-42-40-38-20-18-16-14-12-10-8-6-4-2/h35-36,41,43,49,51,55-57,59-62,64-65,67-69H,3-34,37-40,42,44-48,50,52-54H2,1-2H3,(H,63,66)/b36-35+,43-41+,51-49+. The highest BCUT2D eigenvalue weighted by Crippen LogP contribution is 2.23. The van der Waals surface area contributed by atoms with Crippen LogP contribution in [0.5, 0.6) is 0 Å². The first-order valence-corrected chi connectivity index (χ1v) is 30.7. The minimum Gasteiger partial charge on any atom is -0.394 e. The van der Waals surface area contributed by atoms with Gasteiger partial charge in [0.2, 0.25) is 5.91 Å². The molecule has 418 valence electrons. The number of carbonyl (C=O) groups excluding carboxylic acids is 1. The summed E-state index contributed by atoms with van der Waals surface area (Å²) < 4.78 is 11.3.